The zero-order valence-corrected chi connectivity index (χ0v) is 14.8. The predicted octanol–water partition coefficient (Wildman–Crippen LogP) is 2.60. The van der Waals surface area contributed by atoms with Crippen LogP contribution in [0.25, 0.3) is 0 Å². The Balaban J connectivity index is 1.84. The summed E-state index contributed by atoms with van der Waals surface area (Å²) in [6, 6.07) is -0.00340. The number of halogens is 2. The largest absolute Gasteiger partial charge is 0.478 e. The van der Waals surface area contributed by atoms with Crippen LogP contribution in [0.15, 0.2) is 11.8 Å². The SMILES string of the molecule is Nc1c(F)c(N2CCCC(=O)CC2)c(F)c2c1CC(C(=O)O)=CN2C1CC1. The molecule has 2 aliphatic heterocycles. The van der Waals surface area contributed by atoms with E-state index in [1.807, 2.05) is 0 Å². The topological polar surface area (TPSA) is 86.9 Å². The number of Topliss-reactive ketones (excluding diaryl/α,β-unsaturated/α-hetero) is 1. The van der Waals surface area contributed by atoms with Gasteiger partial charge in [-0.15, -0.1) is 0 Å². The van der Waals surface area contributed by atoms with Crippen LogP contribution in [0.2, 0.25) is 0 Å². The standard InChI is InChI=1S/C19H21F2N3O3/c20-14-16(22)13-8-10(19(26)27)9-24(11-3-4-11)17(13)15(21)18(14)23-6-1-2-12(25)5-7-23/h9,11H,1-8,22H2,(H,26,27). The minimum atomic E-state index is -1.12. The monoisotopic (exact) mass is 377 g/mol. The molecule has 2 fully saturated rings. The number of carbonyl (C=O) groups excluding carboxylic acids is 1. The second-order valence-electron chi connectivity index (χ2n) is 7.37. The summed E-state index contributed by atoms with van der Waals surface area (Å²) in [5.74, 6) is -2.64. The van der Waals surface area contributed by atoms with E-state index in [0.717, 1.165) is 12.8 Å². The number of carboxylic acid groups (broad SMARTS) is 1. The molecule has 8 heteroatoms. The van der Waals surface area contributed by atoms with E-state index in [9.17, 15) is 14.7 Å². The van der Waals surface area contributed by atoms with Crippen LogP contribution < -0.4 is 15.5 Å². The van der Waals surface area contributed by atoms with Gasteiger partial charge in [0, 0.05) is 50.2 Å². The fourth-order valence-electron chi connectivity index (χ4n) is 3.88. The highest BCUT2D eigenvalue weighted by Crippen LogP contribution is 2.46. The van der Waals surface area contributed by atoms with Gasteiger partial charge >= 0.3 is 5.97 Å². The minimum absolute atomic E-state index is 0.00340. The number of anilines is 3. The lowest BCUT2D eigenvalue weighted by Gasteiger charge is -2.33. The molecule has 0 aromatic heterocycles. The first kappa shape index (κ1) is 17.8. The van der Waals surface area contributed by atoms with Crippen molar-refractivity contribution in [3.63, 3.8) is 0 Å². The maximum absolute atomic E-state index is 15.5. The molecule has 27 heavy (non-hydrogen) atoms. The molecule has 0 unspecified atom stereocenters. The van der Waals surface area contributed by atoms with Gasteiger partial charge in [0.05, 0.1) is 16.9 Å². The van der Waals surface area contributed by atoms with E-state index in [-0.39, 0.29) is 59.4 Å². The number of nitrogens with two attached hydrogens (primary N) is 1. The molecule has 0 atom stereocenters. The van der Waals surface area contributed by atoms with Crippen LogP contribution in [0.4, 0.5) is 25.8 Å². The van der Waals surface area contributed by atoms with Crippen molar-refractivity contribution in [3.8, 4) is 0 Å². The molecule has 3 aliphatic rings. The number of benzene rings is 1. The lowest BCUT2D eigenvalue weighted by Crippen LogP contribution is -2.32. The highest BCUT2D eigenvalue weighted by atomic mass is 19.1. The minimum Gasteiger partial charge on any atom is -0.478 e. The number of ketones is 1. The van der Waals surface area contributed by atoms with Crippen LogP contribution in [0.1, 0.15) is 37.7 Å². The Kier molecular flexibility index (Phi) is 4.28. The maximum atomic E-state index is 15.5. The highest BCUT2D eigenvalue weighted by molar-refractivity contribution is 5.91. The molecule has 144 valence electrons. The van der Waals surface area contributed by atoms with Crippen LogP contribution in [0, 0.1) is 11.6 Å². The summed E-state index contributed by atoms with van der Waals surface area (Å²) in [6.07, 6.45) is 4.12. The Labute approximate surface area is 155 Å². The molecule has 6 nitrogen and oxygen atoms in total. The number of nitrogens with zero attached hydrogens (tertiary/aromatic N) is 2. The van der Waals surface area contributed by atoms with Gasteiger partial charge in [-0.05, 0) is 19.3 Å². The van der Waals surface area contributed by atoms with E-state index < -0.39 is 17.6 Å². The average molecular weight is 377 g/mol. The smallest absolute Gasteiger partial charge is 0.333 e. The predicted molar refractivity (Wildman–Crippen MR) is 96.8 cm³/mol. The number of fused-ring (bicyclic) bond motifs is 1. The van der Waals surface area contributed by atoms with Gasteiger partial charge in [-0.3, -0.25) is 4.79 Å². The third-order valence-corrected chi connectivity index (χ3v) is 5.47. The summed E-state index contributed by atoms with van der Waals surface area (Å²) in [4.78, 5) is 26.3. The number of aliphatic carboxylic acids is 1. The number of carbonyl (C=O) groups is 2. The van der Waals surface area contributed by atoms with Crippen LogP contribution in [0.5, 0.6) is 0 Å². The Hall–Kier alpha value is -2.64. The number of hydrogen-bond donors (Lipinski definition) is 2. The van der Waals surface area contributed by atoms with Gasteiger partial charge in [0.25, 0.3) is 0 Å². The Morgan fingerprint density at radius 2 is 1.89 bits per heavy atom. The lowest BCUT2D eigenvalue weighted by molar-refractivity contribution is -0.132. The van der Waals surface area contributed by atoms with Gasteiger partial charge < -0.3 is 20.6 Å². The molecule has 1 saturated heterocycles. The van der Waals surface area contributed by atoms with Crippen molar-refractivity contribution in [3.05, 3.63) is 29.0 Å². The zero-order valence-electron chi connectivity index (χ0n) is 14.8. The summed E-state index contributed by atoms with van der Waals surface area (Å²) < 4.78 is 30.6. The van der Waals surface area contributed by atoms with E-state index in [0.29, 0.717) is 19.4 Å². The van der Waals surface area contributed by atoms with Crippen molar-refractivity contribution >= 4 is 28.8 Å². The summed E-state index contributed by atoms with van der Waals surface area (Å²) >= 11 is 0. The first-order valence-corrected chi connectivity index (χ1v) is 9.16. The maximum Gasteiger partial charge on any atom is 0.333 e. The van der Waals surface area contributed by atoms with E-state index in [2.05, 4.69) is 0 Å². The molecule has 1 aliphatic carbocycles. The molecule has 0 radical (unpaired) electrons. The second kappa shape index (κ2) is 6.51. The quantitative estimate of drug-likeness (QED) is 0.788. The van der Waals surface area contributed by atoms with Gasteiger partial charge in [0.2, 0.25) is 0 Å². The van der Waals surface area contributed by atoms with Crippen LogP contribution in [-0.4, -0.2) is 36.0 Å². The normalized spacial score (nSPS) is 20.2. The molecule has 3 N–H and O–H groups in total. The van der Waals surface area contributed by atoms with Crippen molar-refractivity contribution in [2.75, 3.05) is 28.6 Å². The van der Waals surface area contributed by atoms with Crippen molar-refractivity contribution < 1.29 is 23.5 Å². The fraction of sp³-hybridized carbons (Fsp3) is 0.474. The lowest BCUT2D eigenvalue weighted by atomic mass is 9.95. The van der Waals surface area contributed by atoms with E-state index in [4.69, 9.17) is 5.73 Å². The Morgan fingerprint density at radius 3 is 2.56 bits per heavy atom. The van der Waals surface area contributed by atoms with E-state index in [1.54, 1.807) is 9.80 Å². The molecule has 0 bridgehead atoms. The number of hydrogen-bond acceptors (Lipinski definition) is 5. The molecule has 0 amide bonds. The van der Waals surface area contributed by atoms with E-state index >= 15 is 8.78 Å². The molecular formula is C19H21F2N3O3. The third-order valence-electron chi connectivity index (χ3n) is 5.47. The molecular weight excluding hydrogens is 356 g/mol. The average Bonchev–Trinajstić information content (AvgIpc) is 3.48. The van der Waals surface area contributed by atoms with Crippen molar-refractivity contribution in [1.29, 1.82) is 0 Å². The third kappa shape index (κ3) is 3.02. The Morgan fingerprint density at radius 1 is 1.15 bits per heavy atom. The fourth-order valence-corrected chi connectivity index (χ4v) is 3.88. The molecule has 1 saturated carbocycles. The van der Waals surface area contributed by atoms with Crippen molar-refractivity contribution in [2.45, 2.75) is 44.6 Å². The van der Waals surface area contributed by atoms with Crippen molar-refractivity contribution in [2.24, 2.45) is 0 Å². The number of nitrogen functional groups attached to an aromatic ring is 1. The second-order valence-corrected chi connectivity index (χ2v) is 7.37. The van der Waals surface area contributed by atoms with Crippen LogP contribution >= 0.6 is 0 Å². The Bertz CT molecular complexity index is 864. The summed E-state index contributed by atoms with van der Waals surface area (Å²) in [5.41, 5.74) is 6.01. The zero-order chi connectivity index (χ0) is 19.3. The van der Waals surface area contributed by atoms with Gasteiger partial charge in [-0.1, -0.05) is 0 Å². The summed E-state index contributed by atoms with van der Waals surface area (Å²) in [6.45, 7) is 0.613. The van der Waals surface area contributed by atoms with E-state index in [1.165, 1.54) is 6.20 Å². The molecule has 1 aromatic carbocycles. The van der Waals surface area contributed by atoms with Crippen LogP contribution in [-0.2, 0) is 16.0 Å². The summed E-state index contributed by atoms with van der Waals surface area (Å²) in [7, 11) is 0. The first-order valence-electron chi connectivity index (χ1n) is 9.16. The molecule has 4 rings (SSSR count). The molecule has 2 heterocycles. The summed E-state index contributed by atoms with van der Waals surface area (Å²) in [5, 5.41) is 9.36. The number of rotatable bonds is 3. The van der Waals surface area contributed by atoms with Crippen LogP contribution in [0.3, 0.4) is 0 Å². The van der Waals surface area contributed by atoms with Gasteiger partial charge in [-0.25, -0.2) is 13.6 Å². The first-order chi connectivity index (χ1) is 12.9. The van der Waals surface area contributed by atoms with Gasteiger partial charge in [0.15, 0.2) is 11.6 Å². The van der Waals surface area contributed by atoms with Gasteiger partial charge in [-0.2, -0.15) is 0 Å². The molecule has 0 spiro atoms. The van der Waals surface area contributed by atoms with Gasteiger partial charge in [0.1, 0.15) is 11.5 Å². The number of carboxylic acids is 1. The molecule has 1 aromatic rings. The highest BCUT2D eigenvalue weighted by Gasteiger charge is 2.38. The van der Waals surface area contributed by atoms with Crippen molar-refractivity contribution in [1.82, 2.24) is 0 Å².